The number of benzene rings is 2. The normalized spacial score (nSPS) is 10.9. The summed E-state index contributed by atoms with van der Waals surface area (Å²) in [7, 11) is 0. The Kier molecular flexibility index (Phi) is 4.79. The summed E-state index contributed by atoms with van der Waals surface area (Å²) in [5, 5.41) is 4.58. The van der Waals surface area contributed by atoms with E-state index in [2.05, 4.69) is 59.5 Å². The highest BCUT2D eigenvalue weighted by molar-refractivity contribution is 5.38. The van der Waals surface area contributed by atoms with Gasteiger partial charge >= 0.3 is 0 Å². The first-order valence-electron chi connectivity index (χ1n) is 9.15. The summed E-state index contributed by atoms with van der Waals surface area (Å²) < 4.78 is 1.99. The Morgan fingerprint density at radius 2 is 1.63 bits per heavy atom. The molecule has 0 saturated heterocycles. The van der Waals surface area contributed by atoms with Gasteiger partial charge in [-0.15, -0.1) is 0 Å². The number of rotatable bonds is 5. The molecule has 4 heteroatoms. The van der Waals surface area contributed by atoms with Gasteiger partial charge in [0.25, 0.3) is 0 Å². The maximum atomic E-state index is 4.75. The van der Waals surface area contributed by atoms with E-state index in [0.29, 0.717) is 0 Å². The van der Waals surface area contributed by atoms with Crippen molar-refractivity contribution in [1.82, 2.24) is 19.7 Å². The molecule has 0 bridgehead atoms. The molecule has 0 radical (unpaired) electrons. The monoisotopic (exact) mass is 354 g/mol. The SMILES string of the molecule is Cc1cc(C)n(-c2cccc(Cc3ccnc(Cc4ccccc4)n3)c2)n1. The van der Waals surface area contributed by atoms with Gasteiger partial charge in [-0.3, -0.25) is 0 Å². The molecule has 0 amide bonds. The maximum Gasteiger partial charge on any atom is 0.132 e. The molecular weight excluding hydrogens is 332 g/mol. The molecule has 0 aliphatic rings. The topological polar surface area (TPSA) is 43.6 Å². The second-order valence-corrected chi connectivity index (χ2v) is 6.81. The minimum absolute atomic E-state index is 0.750. The van der Waals surface area contributed by atoms with Gasteiger partial charge in [-0.25, -0.2) is 14.6 Å². The number of aromatic nitrogens is 4. The third kappa shape index (κ3) is 4.11. The van der Waals surface area contributed by atoms with Crippen LogP contribution in [0.5, 0.6) is 0 Å². The Bertz CT molecular complexity index is 1050. The van der Waals surface area contributed by atoms with E-state index in [-0.39, 0.29) is 0 Å². The van der Waals surface area contributed by atoms with Crippen molar-refractivity contribution in [2.75, 3.05) is 0 Å². The lowest BCUT2D eigenvalue weighted by molar-refractivity contribution is 0.831. The van der Waals surface area contributed by atoms with Gasteiger partial charge in [0.1, 0.15) is 5.82 Å². The zero-order valence-corrected chi connectivity index (χ0v) is 15.6. The van der Waals surface area contributed by atoms with E-state index in [1.54, 1.807) is 0 Å². The molecule has 134 valence electrons. The third-order valence-corrected chi connectivity index (χ3v) is 4.52. The van der Waals surface area contributed by atoms with Crippen molar-refractivity contribution in [3.63, 3.8) is 0 Å². The molecule has 0 spiro atoms. The Balaban J connectivity index is 1.55. The molecule has 0 atom stereocenters. The second kappa shape index (κ2) is 7.54. The average Bonchev–Trinajstić information content (AvgIpc) is 3.01. The number of hydrogen-bond acceptors (Lipinski definition) is 3. The Morgan fingerprint density at radius 1 is 0.815 bits per heavy atom. The standard InChI is InChI=1S/C23H22N4/c1-17-13-18(2)27(26-17)22-10-6-9-20(15-22)14-21-11-12-24-23(25-21)16-19-7-4-3-5-8-19/h3-13,15H,14,16H2,1-2H3. The molecule has 2 aromatic carbocycles. The average molecular weight is 354 g/mol. The lowest BCUT2D eigenvalue weighted by Crippen LogP contribution is -2.02. The van der Waals surface area contributed by atoms with E-state index in [1.807, 2.05) is 42.1 Å². The van der Waals surface area contributed by atoms with E-state index in [1.165, 1.54) is 11.1 Å². The van der Waals surface area contributed by atoms with Gasteiger partial charge in [0.05, 0.1) is 11.4 Å². The number of aryl methyl sites for hydroxylation is 2. The van der Waals surface area contributed by atoms with Crippen LogP contribution in [-0.2, 0) is 12.8 Å². The first kappa shape index (κ1) is 17.2. The second-order valence-electron chi connectivity index (χ2n) is 6.81. The van der Waals surface area contributed by atoms with Crippen LogP contribution in [0.4, 0.5) is 0 Å². The minimum Gasteiger partial charge on any atom is -0.241 e. The first-order chi connectivity index (χ1) is 13.2. The largest absolute Gasteiger partial charge is 0.241 e. The molecule has 4 rings (SSSR count). The molecule has 0 fully saturated rings. The zero-order valence-electron chi connectivity index (χ0n) is 15.6. The Hall–Kier alpha value is -3.27. The van der Waals surface area contributed by atoms with Crippen LogP contribution in [0, 0.1) is 13.8 Å². The molecule has 0 aliphatic carbocycles. The van der Waals surface area contributed by atoms with Crippen LogP contribution >= 0.6 is 0 Å². The highest BCUT2D eigenvalue weighted by Crippen LogP contribution is 2.16. The van der Waals surface area contributed by atoms with Crippen molar-refractivity contribution in [1.29, 1.82) is 0 Å². The van der Waals surface area contributed by atoms with Crippen molar-refractivity contribution >= 4 is 0 Å². The lowest BCUT2D eigenvalue weighted by atomic mass is 10.1. The molecule has 0 aliphatic heterocycles. The fraction of sp³-hybridized carbons (Fsp3) is 0.174. The molecular formula is C23H22N4. The molecule has 27 heavy (non-hydrogen) atoms. The summed E-state index contributed by atoms with van der Waals surface area (Å²) in [6.45, 7) is 4.09. The first-order valence-corrected chi connectivity index (χ1v) is 9.15. The smallest absolute Gasteiger partial charge is 0.132 e. The van der Waals surface area contributed by atoms with Crippen LogP contribution in [0.15, 0.2) is 72.9 Å². The minimum atomic E-state index is 0.750. The maximum absolute atomic E-state index is 4.75. The predicted octanol–water partition coefficient (Wildman–Crippen LogP) is 4.46. The number of nitrogens with zero attached hydrogens (tertiary/aromatic N) is 4. The fourth-order valence-electron chi connectivity index (χ4n) is 3.30. The van der Waals surface area contributed by atoms with Crippen LogP contribution in [0.1, 0.15) is 34.0 Å². The van der Waals surface area contributed by atoms with Crippen LogP contribution in [0.3, 0.4) is 0 Å². The predicted molar refractivity (Wildman–Crippen MR) is 107 cm³/mol. The van der Waals surface area contributed by atoms with Gasteiger partial charge in [0.2, 0.25) is 0 Å². The molecule has 4 nitrogen and oxygen atoms in total. The Morgan fingerprint density at radius 3 is 2.41 bits per heavy atom. The molecule has 0 unspecified atom stereocenters. The number of hydrogen-bond donors (Lipinski definition) is 0. The lowest BCUT2D eigenvalue weighted by Gasteiger charge is -2.08. The quantitative estimate of drug-likeness (QED) is 0.531. The van der Waals surface area contributed by atoms with Crippen LogP contribution < -0.4 is 0 Å². The van der Waals surface area contributed by atoms with Gasteiger partial charge < -0.3 is 0 Å². The van der Waals surface area contributed by atoms with E-state index in [0.717, 1.165) is 41.4 Å². The van der Waals surface area contributed by atoms with Crippen LogP contribution in [0.2, 0.25) is 0 Å². The molecule has 2 aromatic heterocycles. The van der Waals surface area contributed by atoms with Gasteiger partial charge in [-0.05, 0) is 49.2 Å². The van der Waals surface area contributed by atoms with Crippen LogP contribution in [0.25, 0.3) is 5.69 Å². The fourth-order valence-corrected chi connectivity index (χ4v) is 3.30. The summed E-state index contributed by atoms with van der Waals surface area (Å²) in [4.78, 5) is 9.18. The van der Waals surface area contributed by atoms with Crippen LogP contribution in [-0.4, -0.2) is 19.7 Å². The van der Waals surface area contributed by atoms with Crippen molar-refractivity contribution < 1.29 is 0 Å². The highest BCUT2D eigenvalue weighted by Gasteiger charge is 2.06. The van der Waals surface area contributed by atoms with Crippen molar-refractivity contribution in [3.8, 4) is 5.69 Å². The van der Waals surface area contributed by atoms with E-state index >= 15 is 0 Å². The molecule has 0 N–H and O–H groups in total. The van der Waals surface area contributed by atoms with Gasteiger partial charge in [0.15, 0.2) is 0 Å². The van der Waals surface area contributed by atoms with Crippen molar-refractivity contribution in [2.45, 2.75) is 26.7 Å². The van der Waals surface area contributed by atoms with E-state index < -0.39 is 0 Å². The Labute approximate surface area is 159 Å². The third-order valence-electron chi connectivity index (χ3n) is 4.52. The molecule has 2 heterocycles. The van der Waals surface area contributed by atoms with Gasteiger partial charge in [0, 0.05) is 30.4 Å². The van der Waals surface area contributed by atoms with Crippen molar-refractivity contribution in [3.05, 3.63) is 107 Å². The van der Waals surface area contributed by atoms with Gasteiger partial charge in [-0.1, -0.05) is 42.5 Å². The van der Waals surface area contributed by atoms with E-state index in [4.69, 9.17) is 4.98 Å². The summed E-state index contributed by atoms with van der Waals surface area (Å²) in [5.74, 6) is 0.855. The summed E-state index contributed by atoms with van der Waals surface area (Å²) in [5.41, 5.74) is 6.71. The summed E-state index contributed by atoms with van der Waals surface area (Å²) in [6.07, 6.45) is 3.38. The highest BCUT2D eigenvalue weighted by atomic mass is 15.3. The van der Waals surface area contributed by atoms with Gasteiger partial charge in [-0.2, -0.15) is 5.10 Å². The zero-order chi connectivity index (χ0) is 18.6. The molecule has 4 aromatic rings. The molecule has 0 saturated carbocycles. The summed E-state index contributed by atoms with van der Waals surface area (Å²) in [6, 6.07) is 22.9. The van der Waals surface area contributed by atoms with Crippen molar-refractivity contribution in [2.24, 2.45) is 0 Å². The van der Waals surface area contributed by atoms with E-state index in [9.17, 15) is 0 Å². The summed E-state index contributed by atoms with van der Waals surface area (Å²) >= 11 is 0.